The van der Waals surface area contributed by atoms with Gasteiger partial charge in [0.15, 0.2) is 11.6 Å². The van der Waals surface area contributed by atoms with Crippen LogP contribution in [0.5, 0.6) is 11.5 Å². The summed E-state index contributed by atoms with van der Waals surface area (Å²) >= 11 is 6.54. The van der Waals surface area contributed by atoms with Crippen molar-refractivity contribution in [1.29, 1.82) is 0 Å². The van der Waals surface area contributed by atoms with Gasteiger partial charge in [-0.1, -0.05) is 17.7 Å². The number of ketones is 2. The van der Waals surface area contributed by atoms with Crippen LogP contribution in [0, 0.1) is 20.2 Å². The Morgan fingerprint density at radius 1 is 0.925 bits per heavy atom. The molecule has 40 heavy (non-hydrogen) atoms. The minimum atomic E-state index is -1.07. The SMILES string of the molecule is O=C(O)CN1C2=C(C(=O)CCC2)C(c2ccc(Oc3ccc([N+](=O)[O-])cc3[N+](=O)[O-])c(Cl)c2)C2=C1CCCC2=O. The number of rotatable bonds is 7. The molecule has 1 aliphatic heterocycles. The standard InChI is InChI=1S/C27H22ClN3O9/c28-16-11-14(7-9-22(16)40-23-10-8-15(30(36)37)12-19(23)31(38)39)25-26-17(3-1-5-20(26)32)29(13-24(34)35)18-4-2-6-21(33)27(18)25/h7-12,25H,1-6,13H2,(H,34,35). The lowest BCUT2D eigenvalue weighted by Crippen LogP contribution is -2.41. The van der Waals surface area contributed by atoms with E-state index in [1.807, 2.05) is 0 Å². The third kappa shape index (κ3) is 4.81. The predicted molar refractivity (Wildman–Crippen MR) is 140 cm³/mol. The first-order valence-corrected chi connectivity index (χ1v) is 12.9. The number of nitro benzene ring substituents is 2. The Morgan fingerprint density at radius 3 is 2.05 bits per heavy atom. The molecule has 1 N–H and O–H groups in total. The lowest BCUT2D eigenvalue weighted by molar-refractivity contribution is -0.394. The van der Waals surface area contributed by atoms with Crippen LogP contribution in [0.4, 0.5) is 11.4 Å². The number of non-ortho nitro benzene ring substituents is 1. The van der Waals surface area contributed by atoms with E-state index in [0.717, 1.165) is 18.2 Å². The minimum absolute atomic E-state index is 0.0269. The molecular weight excluding hydrogens is 546 g/mol. The molecule has 0 aromatic heterocycles. The fourth-order valence-corrected chi connectivity index (χ4v) is 5.85. The molecule has 0 unspecified atom stereocenters. The zero-order chi connectivity index (χ0) is 28.7. The summed E-state index contributed by atoms with van der Waals surface area (Å²) in [5.41, 5.74) is 1.41. The maximum atomic E-state index is 13.3. The van der Waals surface area contributed by atoms with Gasteiger partial charge in [0.25, 0.3) is 5.69 Å². The molecule has 2 aromatic rings. The Balaban J connectivity index is 1.58. The number of nitrogens with zero attached hydrogens (tertiary/aromatic N) is 3. The highest BCUT2D eigenvalue weighted by atomic mass is 35.5. The average Bonchev–Trinajstić information content (AvgIpc) is 2.90. The topological polar surface area (TPSA) is 170 Å². The number of hydrogen-bond acceptors (Lipinski definition) is 9. The maximum Gasteiger partial charge on any atom is 0.323 e. The van der Waals surface area contributed by atoms with Crippen LogP contribution in [0.2, 0.25) is 5.02 Å². The van der Waals surface area contributed by atoms with Crippen LogP contribution in [0.1, 0.15) is 50.0 Å². The first kappa shape index (κ1) is 27.0. The molecule has 0 saturated heterocycles. The molecule has 1 heterocycles. The van der Waals surface area contributed by atoms with Crippen LogP contribution >= 0.6 is 11.6 Å². The van der Waals surface area contributed by atoms with E-state index < -0.39 is 33.1 Å². The molecule has 0 amide bonds. The normalized spacial score (nSPS) is 17.5. The third-order valence-electron chi connectivity index (χ3n) is 7.24. The number of benzene rings is 2. The summed E-state index contributed by atoms with van der Waals surface area (Å²) in [6.45, 7) is -0.355. The van der Waals surface area contributed by atoms with Gasteiger partial charge in [-0.15, -0.1) is 0 Å². The van der Waals surface area contributed by atoms with Gasteiger partial charge >= 0.3 is 11.7 Å². The number of hydrogen-bond donors (Lipinski definition) is 1. The Hall–Kier alpha value is -4.58. The van der Waals surface area contributed by atoms with E-state index in [4.69, 9.17) is 16.3 Å². The Labute approximate surface area is 231 Å². The number of carbonyl (C=O) groups excluding carboxylic acids is 2. The van der Waals surface area contributed by atoms with E-state index in [9.17, 15) is 39.7 Å². The molecule has 2 aliphatic carbocycles. The summed E-state index contributed by atoms with van der Waals surface area (Å²) in [5, 5.41) is 32.2. The monoisotopic (exact) mass is 567 g/mol. The van der Waals surface area contributed by atoms with Crippen molar-refractivity contribution in [3.8, 4) is 11.5 Å². The molecule has 2 aromatic carbocycles. The third-order valence-corrected chi connectivity index (χ3v) is 7.53. The lowest BCUT2D eigenvalue weighted by atomic mass is 9.71. The molecule has 0 fully saturated rings. The van der Waals surface area contributed by atoms with Gasteiger partial charge < -0.3 is 14.7 Å². The van der Waals surface area contributed by atoms with Crippen LogP contribution in [0.25, 0.3) is 0 Å². The molecule has 206 valence electrons. The number of allylic oxidation sites excluding steroid dienone is 4. The number of Topliss-reactive ketones (excluding diaryl/α,β-unsaturated/α-hetero) is 2. The highest BCUT2D eigenvalue weighted by Gasteiger charge is 2.43. The Kier molecular flexibility index (Phi) is 7.11. The van der Waals surface area contributed by atoms with Crippen LogP contribution in [-0.4, -0.2) is 43.9 Å². The smallest absolute Gasteiger partial charge is 0.323 e. The highest BCUT2D eigenvalue weighted by molar-refractivity contribution is 6.32. The number of carbonyl (C=O) groups is 3. The van der Waals surface area contributed by atoms with Gasteiger partial charge in [0.2, 0.25) is 5.75 Å². The van der Waals surface area contributed by atoms with Gasteiger partial charge in [0.1, 0.15) is 12.3 Å². The number of aliphatic carboxylic acids is 1. The second kappa shape index (κ2) is 10.5. The van der Waals surface area contributed by atoms with Crippen molar-refractivity contribution in [2.45, 2.75) is 44.4 Å². The van der Waals surface area contributed by atoms with Crippen LogP contribution < -0.4 is 4.74 Å². The first-order chi connectivity index (χ1) is 19.1. The maximum absolute atomic E-state index is 13.3. The Morgan fingerprint density at radius 2 is 1.52 bits per heavy atom. The van der Waals surface area contributed by atoms with E-state index in [1.165, 1.54) is 12.1 Å². The fraction of sp³-hybridized carbons (Fsp3) is 0.296. The summed E-state index contributed by atoms with van der Waals surface area (Å²) < 4.78 is 5.67. The highest BCUT2D eigenvalue weighted by Crippen LogP contribution is 2.50. The quantitative estimate of drug-likeness (QED) is 0.335. The van der Waals surface area contributed by atoms with Gasteiger partial charge in [-0.2, -0.15) is 0 Å². The van der Waals surface area contributed by atoms with Gasteiger partial charge in [0.05, 0.1) is 20.9 Å². The van der Waals surface area contributed by atoms with Gasteiger partial charge in [-0.05, 0) is 49.4 Å². The van der Waals surface area contributed by atoms with Crippen molar-refractivity contribution in [2.75, 3.05) is 6.54 Å². The number of carboxylic acids is 1. The zero-order valence-electron chi connectivity index (χ0n) is 20.9. The van der Waals surface area contributed by atoms with Crippen molar-refractivity contribution < 1.29 is 34.1 Å². The molecule has 0 saturated carbocycles. The van der Waals surface area contributed by atoms with Crippen molar-refractivity contribution >= 4 is 40.5 Å². The summed E-state index contributed by atoms with van der Waals surface area (Å²) in [6, 6.07) is 7.54. The molecule has 13 heteroatoms. The Bertz CT molecular complexity index is 1520. The van der Waals surface area contributed by atoms with E-state index in [2.05, 4.69) is 0 Å². The molecule has 3 aliphatic rings. The van der Waals surface area contributed by atoms with E-state index in [1.54, 1.807) is 11.0 Å². The molecule has 12 nitrogen and oxygen atoms in total. The first-order valence-electron chi connectivity index (χ1n) is 12.5. The van der Waals surface area contributed by atoms with Crippen molar-refractivity contribution in [2.24, 2.45) is 0 Å². The van der Waals surface area contributed by atoms with Gasteiger partial charge in [-0.25, -0.2) is 0 Å². The number of ether oxygens (including phenoxy) is 1. The fourth-order valence-electron chi connectivity index (χ4n) is 5.62. The van der Waals surface area contributed by atoms with Crippen molar-refractivity contribution in [1.82, 2.24) is 4.90 Å². The molecule has 0 bridgehead atoms. The van der Waals surface area contributed by atoms with Crippen molar-refractivity contribution in [3.05, 3.63) is 89.8 Å². The van der Waals surface area contributed by atoms with E-state index >= 15 is 0 Å². The second-order valence-electron chi connectivity index (χ2n) is 9.65. The zero-order valence-corrected chi connectivity index (χ0v) is 21.7. The van der Waals surface area contributed by atoms with E-state index in [0.29, 0.717) is 53.8 Å². The average molecular weight is 568 g/mol. The summed E-state index contributed by atoms with van der Waals surface area (Å²) in [4.78, 5) is 60.8. The number of halogens is 1. The molecule has 0 atom stereocenters. The summed E-state index contributed by atoms with van der Waals surface area (Å²) in [5.74, 6) is -2.37. The van der Waals surface area contributed by atoms with Crippen LogP contribution in [0.3, 0.4) is 0 Å². The minimum Gasteiger partial charge on any atom is -0.480 e. The summed E-state index contributed by atoms with van der Waals surface area (Å²) in [7, 11) is 0. The van der Waals surface area contributed by atoms with Crippen LogP contribution in [-0.2, 0) is 14.4 Å². The number of carboxylic acid groups (broad SMARTS) is 1. The molecule has 5 rings (SSSR count). The van der Waals surface area contributed by atoms with Crippen molar-refractivity contribution in [3.63, 3.8) is 0 Å². The van der Waals surface area contributed by atoms with Gasteiger partial charge in [0, 0.05) is 47.4 Å². The van der Waals surface area contributed by atoms with Gasteiger partial charge in [-0.3, -0.25) is 34.6 Å². The predicted octanol–water partition coefficient (Wildman–Crippen LogP) is 5.45. The second-order valence-corrected chi connectivity index (χ2v) is 10.1. The largest absolute Gasteiger partial charge is 0.480 e. The molecule has 0 spiro atoms. The molecular formula is C27H22ClN3O9. The van der Waals surface area contributed by atoms with Crippen LogP contribution in [0.15, 0.2) is 58.9 Å². The lowest BCUT2D eigenvalue weighted by Gasteiger charge is -2.43. The summed E-state index contributed by atoms with van der Waals surface area (Å²) in [6.07, 6.45) is 2.66. The number of nitro groups is 2. The van der Waals surface area contributed by atoms with E-state index in [-0.39, 0.29) is 47.5 Å². The molecule has 0 radical (unpaired) electrons.